The van der Waals surface area contributed by atoms with Crippen molar-refractivity contribution < 1.29 is 4.84 Å². The Morgan fingerprint density at radius 2 is 2.43 bits per heavy atom. The minimum Gasteiger partial charge on any atom is -0.295 e. The minimum absolute atomic E-state index is 0.0341. The van der Waals surface area contributed by atoms with Gasteiger partial charge in [0.05, 0.1) is 11.6 Å². The maximum absolute atomic E-state index is 5.64. The van der Waals surface area contributed by atoms with E-state index in [0.717, 1.165) is 6.42 Å². The summed E-state index contributed by atoms with van der Waals surface area (Å²) in [6.45, 7) is 4.28. The first-order valence-electron chi connectivity index (χ1n) is 4.94. The predicted octanol–water partition coefficient (Wildman–Crippen LogP) is 1.95. The second-order valence-electron chi connectivity index (χ2n) is 4.13. The van der Waals surface area contributed by atoms with Gasteiger partial charge in [-0.25, -0.2) is 0 Å². The molecule has 0 amide bonds. The lowest BCUT2D eigenvalue weighted by Gasteiger charge is -2.29. The first kappa shape index (κ1) is 9.62. The molecule has 2 heterocycles. The summed E-state index contributed by atoms with van der Waals surface area (Å²) < 4.78 is 0. The van der Waals surface area contributed by atoms with Crippen LogP contribution in [-0.2, 0) is 10.4 Å². The third-order valence-electron chi connectivity index (χ3n) is 3.00. The summed E-state index contributed by atoms with van der Waals surface area (Å²) >= 11 is 0. The first-order chi connectivity index (χ1) is 6.63. The summed E-state index contributed by atoms with van der Waals surface area (Å²) in [5.41, 5.74) is 1.18. The molecule has 76 valence electrons. The van der Waals surface area contributed by atoms with Gasteiger partial charge in [-0.1, -0.05) is 6.07 Å². The number of hydrogen-bond acceptors (Lipinski definition) is 3. The first-order valence-corrected chi connectivity index (χ1v) is 4.94. The average molecular weight is 192 g/mol. The summed E-state index contributed by atoms with van der Waals surface area (Å²) in [4.78, 5) is 9.79. The second-order valence-corrected chi connectivity index (χ2v) is 4.13. The van der Waals surface area contributed by atoms with Gasteiger partial charge in [0.2, 0.25) is 0 Å². The van der Waals surface area contributed by atoms with Crippen LogP contribution in [0.15, 0.2) is 24.5 Å². The summed E-state index contributed by atoms with van der Waals surface area (Å²) in [5.74, 6) is 0. The molecule has 0 bridgehead atoms. The largest absolute Gasteiger partial charge is 0.295 e. The van der Waals surface area contributed by atoms with Crippen molar-refractivity contribution in [2.45, 2.75) is 31.9 Å². The number of nitrogens with zero attached hydrogens (tertiary/aromatic N) is 2. The van der Waals surface area contributed by atoms with Crippen molar-refractivity contribution in [3.05, 3.63) is 30.1 Å². The zero-order valence-electron chi connectivity index (χ0n) is 8.90. The van der Waals surface area contributed by atoms with Crippen LogP contribution in [0.4, 0.5) is 0 Å². The number of hydrogen-bond donors (Lipinski definition) is 0. The van der Waals surface area contributed by atoms with Crippen molar-refractivity contribution in [2.24, 2.45) is 0 Å². The summed E-state index contributed by atoms with van der Waals surface area (Å²) in [5, 5.41) is 1.94. The van der Waals surface area contributed by atoms with Crippen molar-refractivity contribution >= 4 is 0 Å². The van der Waals surface area contributed by atoms with E-state index in [1.807, 2.05) is 24.4 Å². The molecule has 2 atom stereocenters. The molecule has 3 nitrogen and oxygen atoms in total. The highest BCUT2D eigenvalue weighted by atomic mass is 16.7. The molecule has 1 aliphatic heterocycles. The number of rotatable bonds is 1. The van der Waals surface area contributed by atoms with E-state index >= 15 is 0 Å². The van der Waals surface area contributed by atoms with Crippen molar-refractivity contribution in [1.29, 1.82) is 0 Å². The van der Waals surface area contributed by atoms with Crippen molar-refractivity contribution in [2.75, 3.05) is 7.05 Å². The van der Waals surface area contributed by atoms with Crippen molar-refractivity contribution in [1.82, 2.24) is 10.0 Å². The highest BCUT2D eigenvalue weighted by Crippen LogP contribution is 2.38. The van der Waals surface area contributed by atoms with Crippen LogP contribution in [0, 0.1) is 0 Å². The van der Waals surface area contributed by atoms with Crippen molar-refractivity contribution in [3.63, 3.8) is 0 Å². The van der Waals surface area contributed by atoms with E-state index in [1.54, 1.807) is 6.20 Å². The lowest BCUT2D eigenvalue weighted by Crippen LogP contribution is -2.34. The molecule has 1 aromatic heterocycles. The molecule has 0 radical (unpaired) electrons. The summed E-state index contributed by atoms with van der Waals surface area (Å²) in [6.07, 6.45) is 5.00. The van der Waals surface area contributed by atoms with Crippen LogP contribution in [0.2, 0.25) is 0 Å². The topological polar surface area (TPSA) is 25.4 Å². The van der Waals surface area contributed by atoms with E-state index in [1.165, 1.54) is 5.56 Å². The molecule has 0 saturated carbocycles. The normalized spacial score (nSPS) is 33.5. The third kappa shape index (κ3) is 1.42. The quantitative estimate of drug-likeness (QED) is 0.680. The fraction of sp³-hybridized carbons (Fsp3) is 0.545. The molecule has 2 unspecified atom stereocenters. The lowest BCUT2D eigenvalue weighted by atomic mass is 9.89. The Labute approximate surface area is 84.7 Å². The molecule has 2 rings (SSSR count). The number of hydroxylamine groups is 2. The van der Waals surface area contributed by atoms with Gasteiger partial charge < -0.3 is 0 Å². The molecular weight excluding hydrogens is 176 g/mol. The van der Waals surface area contributed by atoms with Gasteiger partial charge in [-0.2, -0.15) is 5.06 Å². The Kier molecular flexibility index (Phi) is 2.29. The molecule has 3 heteroatoms. The Hall–Kier alpha value is -0.930. The SMILES string of the molecule is CC1CC(C)(c2cccnc2)N(C)O1. The van der Waals surface area contributed by atoms with Gasteiger partial charge in [0.25, 0.3) is 0 Å². The number of pyridine rings is 1. The molecule has 0 spiro atoms. The van der Waals surface area contributed by atoms with Crippen LogP contribution in [0.25, 0.3) is 0 Å². The molecule has 0 aromatic carbocycles. The zero-order chi connectivity index (χ0) is 10.2. The Morgan fingerprint density at radius 3 is 2.93 bits per heavy atom. The lowest BCUT2D eigenvalue weighted by molar-refractivity contribution is -0.163. The monoisotopic (exact) mass is 192 g/mol. The molecule has 14 heavy (non-hydrogen) atoms. The molecule has 0 N–H and O–H groups in total. The van der Waals surface area contributed by atoms with Crippen LogP contribution >= 0.6 is 0 Å². The fourth-order valence-electron chi connectivity index (χ4n) is 2.09. The van der Waals surface area contributed by atoms with Crippen LogP contribution in [-0.4, -0.2) is 23.2 Å². The molecule has 1 fully saturated rings. The maximum Gasteiger partial charge on any atom is 0.0787 e. The van der Waals surface area contributed by atoms with E-state index in [9.17, 15) is 0 Å². The Balaban J connectivity index is 2.33. The second kappa shape index (κ2) is 3.33. The fourth-order valence-corrected chi connectivity index (χ4v) is 2.09. The average Bonchev–Trinajstić information content (AvgIpc) is 2.43. The molecule has 1 saturated heterocycles. The predicted molar refractivity (Wildman–Crippen MR) is 54.5 cm³/mol. The smallest absolute Gasteiger partial charge is 0.0787 e. The molecule has 1 aromatic rings. The van der Waals surface area contributed by atoms with Crippen LogP contribution < -0.4 is 0 Å². The van der Waals surface area contributed by atoms with E-state index in [0.29, 0.717) is 0 Å². The highest BCUT2D eigenvalue weighted by molar-refractivity contribution is 5.20. The van der Waals surface area contributed by atoms with E-state index in [4.69, 9.17) is 4.84 Å². The van der Waals surface area contributed by atoms with Gasteiger partial charge in [-0.3, -0.25) is 9.82 Å². The number of aromatic nitrogens is 1. The van der Waals surface area contributed by atoms with Gasteiger partial charge in [-0.05, 0) is 31.9 Å². The van der Waals surface area contributed by atoms with Crippen LogP contribution in [0.3, 0.4) is 0 Å². The van der Waals surface area contributed by atoms with Gasteiger partial charge in [0.15, 0.2) is 0 Å². The van der Waals surface area contributed by atoms with Gasteiger partial charge >= 0.3 is 0 Å². The maximum atomic E-state index is 5.64. The molecular formula is C11H16N2O. The summed E-state index contributed by atoms with van der Waals surface area (Å²) in [6, 6.07) is 4.07. The third-order valence-corrected chi connectivity index (χ3v) is 3.00. The van der Waals surface area contributed by atoms with Gasteiger partial charge in [0, 0.05) is 19.4 Å². The van der Waals surface area contributed by atoms with E-state index in [2.05, 4.69) is 24.9 Å². The van der Waals surface area contributed by atoms with Crippen molar-refractivity contribution in [3.8, 4) is 0 Å². The van der Waals surface area contributed by atoms with E-state index < -0.39 is 0 Å². The molecule has 0 aliphatic carbocycles. The Bertz CT molecular complexity index is 314. The standard InChI is InChI=1S/C11H16N2O/c1-9-7-11(2,13(3)14-9)10-5-4-6-12-8-10/h4-6,8-9H,7H2,1-3H3. The van der Waals surface area contributed by atoms with Gasteiger partial charge in [0.1, 0.15) is 0 Å². The van der Waals surface area contributed by atoms with Crippen LogP contribution in [0.1, 0.15) is 25.8 Å². The van der Waals surface area contributed by atoms with Gasteiger partial charge in [-0.15, -0.1) is 0 Å². The van der Waals surface area contributed by atoms with Crippen LogP contribution in [0.5, 0.6) is 0 Å². The molecule has 1 aliphatic rings. The highest BCUT2D eigenvalue weighted by Gasteiger charge is 2.40. The Morgan fingerprint density at radius 1 is 1.64 bits per heavy atom. The summed E-state index contributed by atoms with van der Waals surface area (Å²) in [7, 11) is 1.98. The minimum atomic E-state index is -0.0341. The zero-order valence-corrected chi connectivity index (χ0v) is 8.90. The van der Waals surface area contributed by atoms with E-state index in [-0.39, 0.29) is 11.6 Å².